The number of nitrogens with zero attached hydrogens (tertiary/aromatic N) is 2. The normalized spacial score (nSPS) is 17.4. The third-order valence-electron chi connectivity index (χ3n) is 3.56. The number of hydrogen-bond donors (Lipinski definition) is 2. The van der Waals surface area contributed by atoms with E-state index in [4.69, 9.17) is 11.6 Å². The highest BCUT2D eigenvalue weighted by Gasteiger charge is 2.31. The molecule has 0 bridgehead atoms. The van der Waals surface area contributed by atoms with Crippen LogP contribution in [0.25, 0.3) is 0 Å². The summed E-state index contributed by atoms with van der Waals surface area (Å²) in [5.41, 5.74) is 3.50. The standard InChI is InChI=1S/C15H13ClN4/c1-2-13-10(7-17)14(9-5-3-4-6-12(9)16)11-8-18-20-15(11)19-13/h3-6,8,14H,2H2,1H3,(H2,18,19,20). The summed E-state index contributed by atoms with van der Waals surface area (Å²) in [5.74, 6) is 0.671. The van der Waals surface area contributed by atoms with E-state index in [9.17, 15) is 5.26 Å². The highest BCUT2D eigenvalue weighted by Crippen LogP contribution is 2.43. The molecule has 0 saturated carbocycles. The van der Waals surface area contributed by atoms with Crippen molar-refractivity contribution < 1.29 is 0 Å². The van der Waals surface area contributed by atoms with Crippen molar-refractivity contribution in [3.63, 3.8) is 0 Å². The molecule has 0 radical (unpaired) electrons. The number of halogens is 1. The zero-order valence-corrected chi connectivity index (χ0v) is 11.7. The van der Waals surface area contributed by atoms with Crippen LogP contribution in [0.15, 0.2) is 41.7 Å². The van der Waals surface area contributed by atoms with Crippen molar-refractivity contribution >= 4 is 17.4 Å². The Morgan fingerprint density at radius 3 is 2.85 bits per heavy atom. The van der Waals surface area contributed by atoms with Gasteiger partial charge in [-0.15, -0.1) is 0 Å². The molecular weight excluding hydrogens is 272 g/mol. The first-order valence-corrected chi connectivity index (χ1v) is 6.82. The van der Waals surface area contributed by atoms with Crippen LogP contribution in [-0.2, 0) is 0 Å². The monoisotopic (exact) mass is 284 g/mol. The van der Waals surface area contributed by atoms with E-state index in [2.05, 4.69) is 21.6 Å². The number of hydrogen-bond acceptors (Lipinski definition) is 3. The molecule has 20 heavy (non-hydrogen) atoms. The van der Waals surface area contributed by atoms with Crippen LogP contribution in [-0.4, -0.2) is 10.2 Å². The third-order valence-corrected chi connectivity index (χ3v) is 3.90. The molecule has 0 amide bonds. The Labute approximate surface area is 122 Å². The Morgan fingerprint density at radius 1 is 1.35 bits per heavy atom. The third kappa shape index (κ3) is 1.87. The zero-order valence-electron chi connectivity index (χ0n) is 10.9. The number of fused-ring (bicyclic) bond motifs is 1. The molecule has 1 aromatic heterocycles. The fourth-order valence-electron chi connectivity index (χ4n) is 2.61. The van der Waals surface area contributed by atoms with Crippen LogP contribution in [0.3, 0.4) is 0 Å². The van der Waals surface area contributed by atoms with E-state index in [0.717, 1.165) is 29.1 Å². The second-order valence-electron chi connectivity index (χ2n) is 4.64. The molecule has 2 aromatic rings. The molecule has 4 nitrogen and oxygen atoms in total. The maximum atomic E-state index is 9.56. The van der Waals surface area contributed by atoms with Gasteiger partial charge in [-0.25, -0.2) is 0 Å². The van der Waals surface area contributed by atoms with Gasteiger partial charge in [0.05, 0.1) is 23.8 Å². The van der Waals surface area contributed by atoms with Gasteiger partial charge in [-0.1, -0.05) is 36.7 Å². The van der Waals surface area contributed by atoms with Gasteiger partial charge in [0, 0.05) is 16.3 Å². The lowest BCUT2D eigenvalue weighted by molar-refractivity contribution is 0.908. The van der Waals surface area contributed by atoms with Crippen LogP contribution in [0.1, 0.15) is 30.4 Å². The van der Waals surface area contributed by atoms with Crippen molar-refractivity contribution in [3.05, 3.63) is 57.9 Å². The number of anilines is 1. The maximum Gasteiger partial charge on any atom is 0.129 e. The van der Waals surface area contributed by atoms with Crippen molar-refractivity contribution in [2.45, 2.75) is 19.3 Å². The quantitative estimate of drug-likeness (QED) is 0.881. The van der Waals surface area contributed by atoms with Crippen molar-refractivity contribution in [3.8, 4) is 6.07 Å². The number of H-pyrrole nitrogens is 1. The van der Waals surface area contributed by atoms with Crippen LogP contribution in [0.2, 0.25) is 5.02 Å². The van der Waals surface area contributed by atoms with Crippen LogP contribution in [0, 0.1) is 11.3 Å². The van der Waals surface area contributed by atoms with E-state index in [1.54, 1.807) is 6.20 Å². The van der Waals surface area contributed by atoms with Gasteiger partial charge in [-0.05, 0) is 18.1 Å². The molecule has 1 aliphatic heterocycles. The van der Waals surface area contributed by atoms with Gasteiger partial charge in [-0.2, -0.15) is 10.4 Å². The second kappa shape index (κ2) is 5.03. The highest BCUT2D eigenvalue weighted by molar-refractivity contribution is 6.31. The number of rotatable bonds is 2. The first-order chi connectivity index (χ1) is 9.76. The summed E-state index contributed by atoms with van der Waals surface area (Å²) in [7, 11) is 0. The largest absolute Gasteiger partial charge is 0.343 e. The van der Waals surface area contributed by atoms with Gasteiger partial charge < -0.3 is 5.32 Å². The molecule has 100 valence electrons. The van der Waals surface area contributed by atoms with Crippen LogP contribution in [0.4, 0.5) is 5.82 Å². The Balaban J connectivity index is 2.24. The van der Waals surface area contributed by atoms with E-state index in [0.29, 0.717) is 10.6 Å². The van der Waals surface area contributed by atoms with Crippen LogP contribution >= 0.6 is 11.6 Å². The lowest BCUT2D eigenvalue weighted by atomic mass is 9.83. The molecule has 0 saturated heterocycles. The molecule has 0 fully saturated rings. The molecule has 1 aromatic carbocycles. The molecule has 5 heteroatoms. The van der Waals surface area contributed by atoms with E-state index in [-0.39, 0.29) is 5.92 Å². The summed E-state index contributed by atoms with van der Waals surface area (Å²) in [6.07, 6.45) is 2.50. The summed E-state index contributed by atoms with van der Waals surface area (Å²) in [4.78, 5) is 0. The molecule has 3 rings (SSSR count). The molecule has 1 unspecified atom stereocenters. The number of nitriles is 1. The predicted octanol–water partition coefficient (Wildman–Crippen LogP) is 3.81. The van der Waals surface area contributed by atoms with Gasteiger partial charge in [0.15, 0.2) is 0 Å². The van der Waals surface area contributed by atoms with Crippen molar-refractivity contribution in [1.82, 2.24) is 10.2 Å². The minimum absolute atomic E-state index is 0.168. The molecule has 1 atom stereocenters. The van der Waals surface area contributed by atoms with Gasteiger partial charge in [0.1, 0.15) is 5.82 Å². The van der Waals surface area contributed by atoms with Crippen molar-refractivity contribution in [1.29, 1.82) is 5.26 Å². The number of aromatic amines is 1. The number of aromatic nitrogens is 2. The molecule has 0 spiro atoms. The Kier molecular flexibility index (Phi) is 3.21. The Bertz CT molecular complexity index is 723. The fourth-order valence-corrected chi connectivity index (χ4v) is 2.85. The SMILES string of the molecule is CCC1=C(C#N)C(c2ccccc2Cl)c2cn[nH]c2N1. The predicted molar refractivity (Wildman–Crippen MR) is 78.4 cm³/mol. The molecule has 1 aliphatic rings. The van der Waals surface area contributed by atoms with E-state index in [1.165, 1.54) is 0 Å². The summed E-state index contributed by atoms with van der Waals surface area (Å²) in [6, 6.07) is 9.96. The van der Waals surface area contributed by atoms with Gasteiger partial charge in [0.2, 0.25) is 0 Å². The zero-order chi connectivity index (χ0) is 14.1. The number of benzene rings is 1. The average molecular weight is 285 g/mol. The van der Waals surface area contributed by atoms with Crippen molar-refractivity contribution in [2.75, 3.05) is 5.32 Å². The maximum absolute atomic E-state index is 9.56. The highest BCUT2D eigenvalue weighted by atomic mass is 35.5. The van der Waals surface area contributed by atoms with E-state index >= 15 is 0 Å². The number of nitrogens with one attached hydrogen (secondary N) is 2. The Hall–Kier alpha value is -2.25. The summed E-state index contributed by atoms with van der Waals surface area (Å²) < 4.78 is 0. The van der Waals surface area contributed by atoms with E-state index in [1.807, 2.05) is 31.2 Å². The summed E-state index contributed by atoms with van der Waals surface area (Å²) in [5, 5.41) is 20.5. The van der Waals surface area contributed by atoms with Crippen molar-refractivity contribution in [2.24, 2.45) is 0 Å². The number of allylic oxidation sites excluding steroid dienone is 2. The first-order valence-electron chi connectivity index (χ1n) is 6.44. The van der Waals surface area contributed by atoms with E-state index < -0.39 is 0 Å². The molecule has 2 N–H and O–H groups in total. The lowest BCUT2D eigenvalue weighted by Crippen LogP contribution is -2.17. The lowest BCUT2D eigenvalue weighted by Gasteiger charge is -2.26. The van der Waals surface area contributed by atoms with Crippen LogP contribution < -0.4 is 5.32 Å². The summed E-state index contributed by atoms with van der Waals surface area (Å²) in [6.45, 7) is 2.02. The molecule has 2 heterocycles. The smallest absolute Gasteiger partial charge is 0.129 e. The Morgan fingerprint density at radius 2 is 2.15 bits per heavy atom. The minimum atomic E-state index is -0.168. The molecule has 0 aliphatic carbocycles. The van der Waals surface area contributed by atoms with Gasteiger partial charge in [-0.3, -0.25) is 5.10 Å². The van der Waals surface area contributed by atoms with Gasteiger partial charge in [0.25, 0.3) is 0 Å². The van der Waals surface area contributed by atoms with Gasteiger partial charge >= 0.3 is 0 Å². The second-order valence-corrected chi connectivity index (χ2v) is 5.04. The molecular formula is C15H13ClN4. The van der Waals surface area contributed by atoms with Crippen LogP contribution in [0.5, 0.6) is 0 Å². The first kappa shape index (κ1) is 12.8. The topological polar surface area (TPSA) is 64.5 Å². The minimum Gasteiger partial charge on any atom is -0.343 e. The fraction of sp³-hybridized carbons (Fsp3) is 0.200. The average Bonchev–Trinajstić information content (AvgIpc) is 2.94. The summed E-state index contributed by atoms with van der Waals surface area (Å²) >= 11 is 6.32.